The molecule has 8 nitrogen and oxygen atoms in total. The quantitative estimate of drug-likeness (QED) is 0.528. The number of nitrogens with one attached hydrogen (secondary N) is 4. The molecule has 0 aliphatic carbocycles. The Kier molecular flexibility index (Phi) is 6.54. The molecule has 0 bridgehead atoms. The van der Waals surface area contributed by atoms with E-state index in [0.717, 1.165) is 22.2 Å². The Labute approximate surface area is 169 Å². The van der Waals surface area contributed by atoms with E-state index in [0.29, 0.717) is 38.2 Å². The molecule has 1 atom stereocenters. The summed E-state index contributed by atoms with van der Waals surface area (Å²) in [4.78, 5) is 38.7. The number of methoxy groups -OCH3 is 1. The fraction of sp³-hybridized carbons (Fsp3) is 0.381. The van der Waals surface area contributed by atoms with Gasteiger partial charge in [0.25, 0.3) is 5.91 Å². The summed E-state index contributed by atoms with van der Waals surface area (Å²) < 4.78 is 5.24. The van der Waals surface area contributed by atoms with Crippen LogP contribution in [0.1, 0.15) is 28.9 Å². The SMILES string of the molecule is COc1ccc2[nH]c(C(=O)NC/C=C\CNC(=O)[C@H]3CCC(=O)NC3)c(C)c2c1. The Morgan fingerprint density at radius 2 is 2.00 bits per heavy atom. The van der Waals surface area contributed by atoms with Gasteiger partial charge in [-0.15, -0.1) is 0 Å². The van der Waals surface area contributed by atoms with Crippen LogP contribution in [-0.4, -0.2) is 49.4 Å². The van der Waals surface area contributed by atoms with E-state index in [1.807, 2.05) is 25.1 Å². The lowest BCUT2D eigenvalue weighted by atomic mass is 9.98. The van der Waals surface area contributed by atoms with Gasteiger partial charge < -0.3 is 25.7 Å². The van der Waals surface area contributed by atoms with Crippen LogP contribution in [0.4, 0.5) is 0 Å². The molecule has 2 aromatic rings. The largest absolute Gasteiger partial charge is 0.497 e. The second kappa shape index (κ2) is 9.27. The average molecular weight is 398 g/mol. The van der Waals surface area contributed by atoms with Crippen LogP contribution in [0.2, 0.25) is 0 Å². The zero-order chi connectivity index (χ0) is 20.8. The molecule has 0 radical (unpaired) electrons. The van der Waals surface area contributed by atoms with Gasteiger partial charge in [-0.3, -0.25) is 14.4 Å². The highest BCUT2D eigenvalue weighted by Crippen LogP contribution is 2.25. The minimum atomic E-state index is -0.190. The molecule has 1 fully saturated rings. The Morgan fingerprint density at radius 1 is 1.24 bits per heavy atom. The summed E-state index contributed by atoms with van der Waals surface area (Å²) in [7, 11) is 1.61. The fourth-order valence-electron chi connectivity index (χ4n) is 3.33. The molecular formula is C21H26N4O4. The van der Waals surface area contributed by atoms with Gasteiger partial charge in [-0.2, -0.15) is 0 Å². The Hall–Kier alpha value is -3.29. The van der Waals surface area contributed by atoms with E-state index in [9.17, 15) is 14.4 Å². The van der Waals surface area contributed by atoms with Crippen LogP contribution in [0.5, 0.6) is 5.75 Å². The van der Waals surface area contributed by atoms with Crippen LogP contribution in [0, 0.1) is 12.8 Å². The molecule has 2 heterocycles. The molecule has 0 spiro atoms. The highest BCUT2D eigenvalue weighted by molar-refractivity contribution is 6.01. The predicted octanol–water partition coefficient (Wildman–Crippen LogP) is 1.41. The number of aromatic amines is 1. The van der Waals surface area contributed by atoms with E-state index in [1.54, 1.807) is 19.3 Å². The molecule has 0 saturated carbocycles. The number of hydrogen-bond acceptors (Lipinski definition) is 4. The predicted molar refractivity (Wildman–Crippen MR) is 110 cm³/mol. The van der Waals surface area contributed by atoms with Crippen LogP contribution in [0.15, 0.2) is 30.4 Å². The van der Waals surface area contributed by atoms with Crippen LogP contribution in [0.25, 0.3) is 10.9 Å². The van der Waals surface area contributed by atoms with Gasteiger partial charge in [-0.05, 0) is 37.1 Å². The van der Waals surface area contributed by atoms with Crippen molar-refractivity contribution in [1.29, 1.82) is 0 Å². The molecule has 0 unspecified atom stereocenters. The van der Waals surface area contributed by atoms with Crippen LogP contribution < -0.4 is 20.7 Å². The van der Waals surface area contributed by atoms with Crippen molar-refractivity contribution in [1.82, 2.24) is 20.9 Å². The van der Waals surface area contributed by atoms with Crippen molar-refractivity contribution in [2.45, 2.75) is 19.8 Å². The molecule has 3 rings (SSSR count). The summed E-state index contributed by atoms with van der Waals surface area (Å²) in [6.07, 6.45) is 4.55. The maximum atomic E-state index is 12.5. The van der Waals surface area contributed by atoms with Crippen molar-refractivity contribution in [2.75, 3.05) is 26.7 Å². The first-order chi connectivity index (χ1) is 14.0. The zero-order valence-electron chi connectivity index (χ0n) is 16.6. The third kappa shape index (κ3) is 4.96. The number of carbonyl (C=O) groups is 3. The summed E-state index contributed by atoms with van der Waals surface area (Å²) in [5.41, 5.74) is 2.27. The van der Waals surface area contributed by atoms with E-state index >= 15 is 0 Å². The molecule has 3 amide bonds. The molecule has 8 heteroatoms. The summed E-state index contributed by atoms with van der Waals surface area (Å²) in [5, 5.41) is 9.30. The second-order valence-electron chi connectivity index (χ2n) is 7.00. The first-order valence-electron chi connectivity index (χ1n) is 9.63. The Morgan fingerprint density at radius 3 is 2.69 bits per heavy atom. The number of benzene rings is 1. The Balaban J connectivity index is 1.45. The normalized spacial score (nSPS) is 16.6. The van der Waals surface area contributed by atoms with E-state index < -0.39 is 0 Å². The minimum Gasteiger partial charge on any atom is -0.497 e. The number of H-pyrrole nitrogens is 1. The van der Waals surface area contributed by atoms with Crippen molar-refractivity contribution < 1.29 is 19.1 Å². The van der Waals surface area contributed by atoms with Crippen molar-refractivity contribution in [3.63, 3.8) is 0 Å². The molecule has 4 N–H and O–H groups in total. The van der Waals surface area contributed by atoms with Gasteiger partial charge in [0.05, 0.1) is 13.0 Å². The maximum absolute atomic E-state index is 12.5. The first-order valence-corrected chi connectivity index (χ1v) is 9.63. The Bertz CT molecular complexity index is 938. The van der Waals surface area contributed by atoms with E-state index in [4.69, 9.17) is 4.74 Å². The van der Waals surface area contributed by atoms with Gasteiger partial charge in [-0.25, -0.2) is 0 Å². The highest BCUT2D eigenvalue weighted by Gasteiger charge is 2.23. The van der Waals surface area contributed by atoms with Crippen LogP contribution >= 0.6 is 0 Å². The topological polar surface area (TPSA) is 112 Å². The third-order valence-electron chi connectivity index (χ3n) is 5.07. The lowest BCUT2D eigenvalue weighted by Gasteiger charge is -2.21. The average Bonchev–Trinajstić information content (AvgIpc) is 3.06. The zero-order valence-corrected chi connectivity index (χ0v) is 16.6. The third-order valence-corrected chi connectivity index (χ3v) is 5.07. The summed E-state index contributed by atoms with van der Waals surface area (Å²) in [6, 6.07) is 5.63. The molecule has 1 aliphatic heterocycles. The highest BCUT2D eigenvalue weighted by atomic mass is 16.5. The molecule has 29 heavy (non-hydrogen) atoms. The van der Waals surface area contributed by atoms with Crippen molar-refractivity contribution in [2.24, 2.45) is 5.92 Å². The van der Waals surface area contributed by atoms with Crippen molar-refractivity contribution >= 4 is 28.6 Å². The van der Waals surface area contributed by atoms with E-state index in [1.165, 1.54) is 0 Å². The monoisotopic (exact) mass is 398 g/mol. The standard InChI is InChI=1S/C21H26N4O4/c1-13-16-11-15(29-2)6-7-17(16)25-19(13)21(28)23-10-4-3-9-22-20(27)14-5-8-18(26)24-12-14/h3-4,6-7,11,14,25H,5,8-10,12H2,1-2H3,(H,22,27)(H,23,28)(H,24,26)/b4-3-/t14-/m0/s1. The van der Waals surface area contributed by atoms with Crippen LogP contribution in [-0.2, 0) is 9.59 Å². The molecule has 1 aromatic carbocycles. The van der Waals surface area contributed by atoms with Crippen molar-refractivity contribution in [3.8, 4) is 5.75 Å². The number of ether oxygens (including phenoxy) is 1. The molecule has 154 valence electrons. The summed E-state index contributed by atoms with van der Waals surface area (Å²) in [5.74, 6) is 0.303. The summed E-state index contributed by atoms with van der Waals surface area (Å²) in [6.45, 7) is 3.02. The van der Waals surface area contributed by atoms with E-state index in [2.05, 4.69) is 20.9 Å². The molecule has 1 aliphatic rings. The molecular weight excluding hydrogens is 372 g/mol. The van der Waals surface area contributed by atoms with Crippen LogP contribution in [0.3, 0.4) is 0 Å². The fourth-order valence-corrected chi connectivity index (χ4v) is 3.33. The van der Waals surface area contributed by atoms with Gasteiger partial charge in [0, 0.05) is 37.0 Å². The van der Waals surface area contributed by atoms with Gasteiger partial charge in [0.2, 0.25) is 11.8 Å². The lowest BCUT2D eigenvalue weighted by Crippen LogP contribution is -2.43. The number of hydrogen-bond donors (Lipinski definition) is 4. The molecule has 1 saturated heterocycles. The number of aryl methyl sites for hydroxylation is 1. The van der Waals surface area contributed by atoms with Gasteiger partial charge in [-0.1, -0.05) is 12.2 Å². The first kappa shape index (κ1) is 20.4. The lowest BCUT2D eigenvalue weighted by molar-refractivity contribution is -0.128. The minimum absolute atomic E-state index is 0.00553. The van der Waals surface area contributed by atoms with Crippen molar-refractivity contribution in [3.05, 3.63) is 41.6 Å². The maximum Gasteiger partial charge on any atom is 0.268 e. The number of rotatable bonds is 7. The number of aromatic nitrogens is 1. The second-order valence-corrected chi connectivity index (χ2v) is 7.00. The number of carbonyl (C=O) groups excluding carboxylic acids is 3. The van der Waals surface area contributed by atoms with E-state index in [-0.39, 0.29) is 23.6 Å². The summed E-state index contributed by atoms with van der Waals surface area (Å²) >= 11 is 0. The number of piperidine rings is 1. The van der Waals surface area contributed by atoms with Gasteiger partial charge >= 0.3 is 0 Å². The van der Waals surface area contributed by atoms with Gasteiger partial charge in [0.15, 0.2) is 0 Å². The number of amides is 3. The smallest absolute Gasteiger partial charge is 0.268 e. The molecule has 1 aromatic heterocycles. The van der Waals surface area contributed by atoms with Gasteiger partial charge in [0.1, 0.15) is 11.4 Å². The number of fused-ring (bicyclic) bond motifs is 1.